The topological polar surface area (TPSA) is 25.8 Å². The van der Waals surface area contributed by atoms with Gasteiger partial charge in [0, 0.05) is 10.9 Å². The summed E-state index contributed by atoms with van der Waals surface area (Å²) in [7, 11) is 0. The largest absolute Gasteiger partial charge is 0.245 e. The molecule has 0 amide bonds. The van der Waals surface area contributed by atoms with Gasteiger partial charge in [-0.1, -0.05) is 23.2 Å². The Morgan fingerprint density at radius 3 is 2.38 bits per heavy atom. The molecule has 0 saturated carbocycles. The van der Waals surface area contributed by atoms with Crippen molar-refractivity contribution < 1.29 is 0 Å². The van der Waals surface area contributed by atoms with Crippen LogP contribution in [0.2, 0.25) is 10.3 Å². The number of halogens is 2. The molecule has 0 atom stereocenters. The van der Waals surface area contributed by atoms with Crippen LogP contribution in [0.4, 0.5) is 0 Å². The van der Waals surface area contributed by atoms with Gasteiger partial charge in [-0.2, -0.15) is 0 Å². The molecule has 0 radical (unpaired) electrons. The van der Waals surface area contributed by atoms with E-state index in [1.807, 2.05) is 5.38 Å². The quantitative estimate of drug-likeness (QED) is 0.702. The highest BCUT2D eigenvalue weighted by Gasteiger charge is 2.03. The molecule has 0 spiro atoms. The Hall–Kier alpha value is -0.640. The molecule has 2 rings (SSSR count). The molecule has 0 unspecified atom stereocenters. The van der Waals surface area contributed by atoms with Crippen molar-refractivity contribution in [3.05, 3.63) is 33.3 Å². The Bertz CT molecular complexity index is 394. The van der Waals surface area contributed by atoms with E-state index in [0.29, 0.717) is 10.3 Å². The first-order chi connectivity index (χ1) is 6.25. The minimum absolute atomic E-state index is 0.385. The van der Waals surface area contributed by atoms with Crippen molar-refractivity contribution >= 4 is 34.5 Å². The number of rotatable bonds is 1. The first-order valence-corrected chi connectivity index (χ1v) is 5.17. The maximum Gasteiger partial charge on any atom is 0.131 e. The van der Waals surface area contributed by atoms with Gasteiger partial charge in [-0.25, -0.2) is 9.97 Å². The van der Waals surface area contributed by atoms with Gasteiger partial charge in [-0.3, -0.25) is 0 Å². The predicted octanol–water partition coefficient (Wildman–Crippen LogP) is 3.51. The molecule has 0 N–H and O–H groups in total. The molecule has 0 bridgehead atoms. The van der Waals surface area contributed by atoms with Gasteiger partial charge in [-0.05, 0) is 12.1 Å². The number of aromatic nitrogens is 2. The van der Waals surface area contributed by atoms with E-state index < -0.39 is 0 Å². The molecule has 0 aliphatic carbocycles. The fraction of sp³-hybridized carbons (Fsp3) is 0. The van der Waals surface area contributed by atoms with Crippen molar-refractivity contribution in [2.75, 3.05) is 0 Å². The normalized spacial score (nSPS) is 10.3. The van der Waals surface area contributed by atoms with Crippen LogP contribution in [0.3, 0.4) is 0 Å². The van der Waals surface area contributed by atoms with Gasteiger partial charge in [-0.15, -0.1) is 11.3 Å². The Kier molecular flexibility index (Phi) is 2.49. The average Bonchev–Trinajstić information content (AvgIpc) is 2.53. The van der Waals surface area contributed by atoms with Gasteiger partial charge >= 0.3 is 0 Å². The van der Waals surface area contributed by atoms with Crippen LogP contribution in [0.5, 0.6) is 0 Å². The number of pyridine rings is 1. The van der Waals surface area contributed by atoms with Gasteiger partial charge < -0.3 is 0 Å². The lowest BCUT2D eigenvalue weighted by Gasteiger charge is -1.97. The first kappa shape index (κ1) is 8.94. The summed E-state index contributed by atoms with van der Waals surface area (Å²) in [6.45, 7) is 0. The summed E-state index contributed by atoms with van der Waals surface area (Å²) in [4.78, 5) is 7.99. The third-order valence-electron chi connectivity index (χ3n) is 1.49. The molecular weight excluding hydrogens is 227 g/mol. The molecule has 0 saturated heterocycles. The summed E-state index contributed by atoms with van der Waals surface area (Å²) >= 11 is 13.0. The van der Waals surface area contributed by atoms with Crippen molar-refractivity contribution in [1.82, 2.24) is 9.97 Å². The fourth-order valence-electron chi connectivity index (χ4n) is 0.968. The van der Waals surface area contributed by atoms with Gasteiger partial charge in [0.25, 0.3) is 0 Å². The maximum absolute atomic E-state index is 5.75. The summed E-state index contributed by atoms with van der Waals surface area (Å²) < 4.78 is 0. The first-order valence-electron chi connectivity index (χ1n) is 3.47. The van der Waals surface area contributed by atoms with Gasteiger partial charge in [0.05, 0.1) is 11.2 Å². The molecule has 2 nitrogen and oxygen atoms in total. The van der Waals surface area contributed by atoms with Crippen LogP contribution >= 0.6 is 34.5 Å². The van der Waals surface area contributed by atoms with Crippen LogP contribution in [-0.4, -0.2) is 9.97 Å². The fourth-order valence-corrected chi connectivity index (χ4v) is 1.99. The average molecular weight is 231 g/mol. The SMILES string of the molecule is Clc1cc(-c2cscn2)cc(Cl)n1. The van der Waals surface area contributed by atoms with E-state index in [-0.39, 0.29) is 0 Å². The van der Waals surface area contributed by atoms with E-state index in [0.717, 1.165) is 11.3 Å². The summed E-state index contributed by atoms with van der Waals surface area (Å²) in [6.07, 6.45) is 0. The predicted molar refractivity (Wildman–Crippen MR) is 55.4 cm³/mol. The second kappa shape index (κ2) is 3.62. The summed E-state index contributed by atoms with van der Waals surface area (Å²) in [5.41, 5.74) is 3.53. The number of thiazole rings is 1. The highest BCUT2D eigenvalue weighted by Crippen LogP contribution is 2.24. The maximum atomic E-state index is 5.75. The second-order valence-corrected chi connectivity index (χ2v) is 3.87. The van der Waals surface area contributed by atoms with Gasteiger partial charge in [0.2, 0.25) is 0 Å². The van der Waals surface area contributed by atoms with Crippen LogP contribution in [0.15, 0.2) is 23.0 Å². The Balaban J connectivity index is 2.53. The van der Waals surface area contributed by atoms with Crippen LogP contribution in [-0.2, 0) is 0 Å². The van der Waals surface area contributed by atoms with Gasteiger partial charge in [0.15, 0.2) is 0 Å². The van der Waals surface area contributed by atoms with E-state index in [2.05, 4.69) is 9.97 Å². The van der Waals surface area contributed by atoms with E-state index in [1.165, 1.54) is 11.3 Å². The molecular formula is C8H4Cl2N2S. The molecule has 0 aromatic carbocycles. The van der Waals surface area contributed by atoms with E-state index in [9.17, 15) is 0 Å². The minimum atomic E-state index is 0.385. The molecule has 66 valence electrons. The zero-order valence-corrected chi connectivity index (χ0v) is 8.70. The summed E-state index contributed by atoms with van der Waals surface area (Å²) in [5.74, 6) is 0. The summed E-state index contributed by atoms with van der Waals surface area (Å²) in [5, 5.41) is 2.70. The standard InChI is InChI=1S/C8H4Cl2N2S/c9-7-1-5(2-8(10)12-7)6-3-13-4-11-6/h1-4H. The van der Waals surface area contributed by atoms with Crippen LogP contribution in [0, 0.1) is 0 Å². The van der Waals surface area contributed by atoms with E-state index in [4.69, 9.17) is 23.2 Å². The molecule has 13 heavy (non-hydrogen) atoms. The minimum Gasteiger partial charge on any atom is -0.245 e. The zero-order chi connectivity index (χ0) is 9.26. The lowest BCUT2D eigenvalue weighted by atomic mass is 10.2. The summed E-state index contributed by atoms with van der Waals surface area (Å²) in [6, 6.07) is 3.48. The van der Waals surface area contributed by atoms with E-state index >= 15 is 0 Å². The lowest BCUT2D eigenvalue weighted by Crippen LogP contribution is -1.81. The lowest BCUT2D eigenvalue weighted by molar-refractivity contribution is 1.31. The van der Waals surface area contributed by atoms with Gasteiger partial charge in [0.1, 0.15) is 10.3 Å². The van der Waals surface area contributed by atoms with Crippen molar-refractivity contribution in [1.29, 1.82) is 0 Å². The Morgan fingerprint density at radius 1 is 1.15 bits per heavy atom. The van der Waals surface area contributed by atoms with Crippen LogP contribution in [0.1, 0.15) is 0 Å². The van der Waals surface area contributed by atoms with Crippen molar-refractivity contribution in [2.24, 2.45) is 0 Å². The number of nitrogens with zero attached hydrogens (tertiary/aromatic N) is 2. The van der Waals surface area contributed by atoms with Crippen LogP contribution < -0.4 is 0 Å². The molecule has 0 aliphatic heterocycles. The second-order valence-electron chi connectivity index (χ2n) is 2.37. The number of hydrogen-bond donors (Lipinski definition) is 0. The Morgan fingerprint density at radius 2 is 1.85 bits per heavy atom. The Labute approximate surface area is 89.2 Å². The molecule has 2 heterocycles. The van der Waals surface area contributed by atoms with Crippen molar-refractivity contribution in [3.8, 4) is 11.3 Å². The monoisotopic (exact) mass is 230 g/mol. The smallest absolute Gasteiger partial charge is 0.131 e. The third kappa shape index (κ3) is 1.99. The third-order valence-corrected chi connectivity index (χ3v) is 2.46. The molecule has 2 aromatic heterocycles. The van der Waals surface area contributed by atoms with Crippen molar-refractivity contribution in [3.63, 3.8) is 0 Å². The molecule has 0 fully saturated rings. The molecule has 5 heteroatoms. The van der Waals surface area contributed by atoms with Crippen LogP contribution in [0.25, 0.3) is 11.3 Å². The highest BCUT2D eigenvalue weighted by atomic mass is 35.5. The number of hydrogen-bond acceptors (Lipinski definition) is 3. The van der Waals surface area contributed by atoms with Crippen molar-refractivity contribution in [2.45, 2.75) is 0 Å². The molecule has 2 aromatic rings. The zero-order valence-electron chi connectivity index (χ0n) is 6.37. The van der Waals surface area contributed by atoms with E-state index in [1.54, 1.807) is 17.6 Å². The highest BCUT2D eigenvalue weighted by molar-refractivity contribution is 7.07. The molecule has 0 aliphatic rings.